The molecule has 1 aliphatic heterocycles. The van der Waals surface area contributed by atoms with Crippen LogP contribution in [0.2, 0.25) is 0 Å². The maximum Gasteiger partial charge on any atom is 0.268 e. The number of aromatic nitrogens is 2. The second-order valence-electron chi connectivity index (χ2n) is 6.94. The summed E-state index contributed by atoms with van der Waals surface area (Å²) in [7, 11) is 1.64. The molecule has 1 atom stereocenters. The quantitative estimate of drug-likeness (QED) is 0.896. The number of carbonyl (C=O) groups is 1. The van der Waals surface area contributed by atoms with Crippen LogP contribution < -0.4 is 15.8 Å². The number of benzene rings is 1. The van der Waals surface area contributed by atoms with Gasteiger partial charge in [0.05, 0.1) is 11.9 Å². The van der Waals surface area contributed by atoms with E-state index in [2.05, 4.69) is 28.3 Å². The number of hydrogen-bond acceptors (Lipinski definition) is 4. The molecule has 3 rings (SSSR count). The van der Waals surface area contributed by atoms with Crippen molar-refractivity contribution in [2.75, 3.05) is 23.3 Å². The molecular weight excluding hydrogens is 328 g/mol. The number of aryl methyl sites for hydroxylation is 2. The van der Waals surface area contributed by atoms with Crippen LogP contribution in [0.1, 0.15) is 31.7 Å². The monoisotopic (exact) mass is 354 g/mol. The summed E-state index contributed by atoms with van der Waals surface area (Å²) >= 11 is 0. The zero-order chi connectivity index (χ0) is 18.5. The molecule has 26 heavy (non-hydrogen) atoms. The zero-order valence-electron chi connectivity index (χ0n) is 15.4. The van der Waals surface area contributed by atoms with E-state index >= 15 is 0 Å². The van der Waals surface area contributed by atoms with Crippen LogP contribution in [0.15, 0.2) is 41.3 Å². The Morgan fingerprint density at radius 3 is 2.96 bits per heavy atom. The molecule has 0 spiro atoms. The average molecular weight is 354 g/mol. The lowest BCUT2D eigenvalue weighted by molar-refractivity contribution is -0.117. The predicted octanol–water partition coefficient (Wildman–Crippen LogP) is 2.59. The molecule has 1 unspecified atom stereocenters. The topological polar surface area (TPSA) is 67.2 Å². The fourth-order valence-electron chi connectivity index (χ4n) is 3.44. The summed E-state index contributed by atoms with van der Waals surface area (Å²) in [5.74, 6) is 0.328. The van der Waals surface area contributed by atoms with E-state index in [1.165, 1.54) is 10.2 Å². The fraction of sp³-hybridized carbons (Fsp3) is 0.450. The smallest absolute Gasteiger partial charge is 0.268 e. The van der Waals surface area contributed by atoms with Gasteiger partial charge in [0.2, 0.25) is 5.91 Å². The summed E-state index contributed by atoms with van der Waals surface area (Å²) in [6.07, 6.45) is 5.20. The Balaban J connectivity index is 1.59. The number of carbonyl (C=O) groups excluding carboxylic acids is 1. The molecule has 6 nitrogen and oxygen atoms in total. The average Bonchev–Trinajstić information content (AvgIpc) is 2.64. The Morgan fingerprint density at radius 2 is 2.19 bits per heavy atom. The molecule has 2 aromatic rings. The van der Waals surface area contributed by atoms with E-state index in [1.807, 2.05) is 18.2 Å². The van der Waals surface area contributed by atoms with E-state index in [1.54, 1.807) is 19.3 Å². The maximum atomic E-state index is 12.4. The molecule has 1 aliphatic rings. The Bertz CT molecular complexity index is 831. The van der Waals surface area contributed by atoms with Crippen molar-refractivity contribution in [1.82, 2.24) is 9.78 Å². The minimum Gasteiger partial charge on any atom is -0.370 e. The zero-order valence-corrected chi connectivity index (χ0v) is 15.4. The number of nitrogens with one attached hydrogen (secondary N) is 1. The standard InChI is InChI=1S/C20H26N4O2/c1-3-15-6-4-8-17(10-15)22-19(25)11-16-7-5-9-24(14-16)18-12-20(26)23(2)21-13-18/h4,6,8,10,12-13,16H,3,5,7,9,11,14H2,1-2H3,(H,22,25). The van der Waals surface area contributed by atoms with Gasteiger partial charge in [-0.1, -0.05) is 19.1 Å². The van der Waals surface area contributed by atoms with Crippen LogP contribution in [0.3, 0.4) is 0 Å². The molecule has 0 saturated carbocycles. The summed E-state index contributed by atoms with van der Waals surface area (Å²) < 4.78 is 1.32. The maximum absolute atomic E-state index is 12.4. The first-order valence-corrected chi connectivity index (χ1v) is 9.22. The Hall–Kier alpha value is -2.63. The van der Waals surface area contributed by atoms with Crippen molar-refractivity contribution in [2.45, 2.75) is 32.6 Å². The van der Waals surface area contributed by atoms with Gasteiger partial charge in [-0.25, -0.2) is 4.68 Å². The second-order valence-corrected chi connectivity index (χ2v) is 6.94. The van der Waals surface area contributed by atoms with E-state index in [-0.39, 0.29) is 17.4 Å². The minimum absolute atomic E-state index is 0.0483. The highest BCUT2D eigenvalue weighted by Crippen LogP contribution is 2.24. The van der Waals surface area contributed by atoms with E-state index in [0.29, 0.717) is 6.42 Å². The molecule has 2 heterocycles. The van der Waals surface area contributed by atoms with E-state index in [0.717, 1.165) is 43.7 Å². The lowest BCUT2D eigenvalue weighted by Gasteiger charge is -2.33. The van der Waals surface area contributed by atoms with Crippen LogP contribution >= 0.6 is 0 Å². The molecule has 1 fully saturated rings. The third-order valence-electron chi connectivity index (χ3n) is 4.93. The summed E-state index contributed by atoms with van der Waals surface area (Å²) in [4.78, 5) is 26.4. The molecule has 1 aromatic carbocycles. The van der Waals surface area contributed by atoms with Gasteiger partial charge in [0, 0.05) is 38.3 Å². The number of anilines is 2. The largest absolute Gasteiger partial charge is 0.370 e. The highest BCUT2D eigenvalue weighted by molar-refractivity contribution is 5.91. The van der Waals surface area contributed by atoms with Crippen LogP contribution in [-0.2, 0) is 18.3 Å². The molecule has 1 saturated heterocycles. The van der Waals surface area contributed by atoms with Crippen molar-refractivity contribution in [2.24, 2.45) is 13.0 Å². The van der Waals surface area contributed by atoms with Crippen molar-refractivity contribution in [3.05, 3.63) is 52.4 Å². The fourth-order valence-corrected chi connectivity index (χ4v) is 3.44. The highest BCUT2D eigenvalue weighted by Gasteiger charge is 2.23. The summed E-state index contributed by atoms with van der Waals surface area (Å²) in [5, 5.41) is 7.11. The Labute approximate surface area is 153 Å². The Morgan fingerprint density at radius 1 is 1.35 bits per heavy atom. The van der Waals surface area contributed by atoms with Crippen molar-refractivity contribution in [1.29, 1.82) is 0 Å². The predicted molar refractivity (Wildman–Crippen MR) is 103 cm³/mol. The summed E-state index contributed by atoms with van der Waals surface area (Å²) in [6, 6.07) is 9.60. The van der Waals surface area contributed by atoms with Gasteiger partial charge in [-0.3, -0.25) is 9.59 Å². The summed E-state index contributed by atoms with van der Waals surface area (Å²) in [6.45, 7) is 3.77. The van der Waals surface area contributed by atoms with Crippen LogP contribution in [0.25, 0.3) is 0 Å². The van der Waals surface area contributed by atoms with Crippen molar-refractivity contribution >= 4 is 17.3 Å². The third-order valence-corrected chi connectivity index (χ3v) is 4.93. The molecule has 1 N–H and O–H groups in total. The van der Waals surface area contributed by atoms with Gasteiger partial charge in [-0.05, 0) is 42.9 Å². The first kappa shape index (κ1) is 18.2. The molecule has 138 valence electrons. The molecule has 0 bridgehead atoms. The molecule has 0 radical (unpaired) electrons. The molecule has 1 aromatic heterocycles. The van der Waals surface area contributed by atoms with Gasteiger partial charge in [-0.2, -0.15) is 5.10 Å². The van der Waals surface area contributed by atoms with Gasteiger partial charge in [-0.15, -0.1) is 0 Å². The lowest BCUT2D eigenvalue weighted by Crippen LogP contribution is -2.37. The van der Waals surface area contributed by atoms with E-state index in [4.69, 9.17) is 0 Å². The third kappa shape index (κ3) is 4.50. The highest BCUT2D eigenvalue weighted by atomic mass is 16.1. The van der Waals surface area contributed by atoms with E-state index in [9.17, 15) is 9.59 Å². The molecule has 6 heteroatoms. The number of piperidine rings is 1. The first-order valence-electron chi connectivity index (χ1n) is 9.22. The van der Waals surface area contributed by atoms with Gasteiger partial charge < -0.3 is 10.2 Å². The van der Waals surface area contributed by atoms with Crippen LogP contribution in [0.4, 0.5) is 11.4 Å². The molecular formula is C20H26N4O2. The minimum atomic E-state index is -0.113. The number of rotatable bonds is 5. The normalized spacial score (nSPS) is 17.2. The summed E-state index contributed by atoms with van der Waals surface area (Å²) in [5.41, 5.74) is 2.80. The van der Waals surface area contributed by atoms with Crippen LogP contribution in [0.5, 0.6) is 0 Å². The molecule has 0 aliphatic carbocycles. The van der Waals surface area contributed by atoms with Gasteiger partial charge in [0.15, 0.2) is 0 Å². The van der Waals surface area contributed by atoms with Crippen molar-refractivity contribution in [3.8, 4) is 0 Å². The number of nitrogens with zero attached hydrogens (tertiary/aromatic N) is 3. The van der Waals surface area contributed by atoms with E-state index < -0.39 is 0 Å². The van der Waals surface area contributed by atoms with Crippen LogP contribution in [0, 0.1) is 5.92 Å². The van der Waals surface area contributed by atoms with Crippen LogP contribution in [-0.4, -0.2) is 28.8 Å². The SMILES string of the molecule is CCc1cccc(NC(=O)CC2CCCN(c3cnn(C)c(=O)c3)C2)c1. The van der Waals surface area contributed by atoms with Gasteiger partial charge in [0.25, 0.3) is 5.56 Å². The van der Waals surface area contributed by atoms with Crippen molar-refractivity contribution < 1.29 is 4.79 Å². The number of hydrogen-bond donors (Lipinski definition) is 1. The van der Waals surface area contributed by atoms with Gasteiger partial charge in [0.1, 0.15) is 0 Å². The lowest BCUT2D eigenvalue weighted by atomic mass is 9.94. The molecule has 1 amide bonds. The second kappa shape index (κ2) is 8.17. The first-order chi connectivity index (χ1) is 12.5. The number of amides is 1. The van der Waals surface area contributed by atoms with Gasteiger partial charge >= 0.3 is 0 Å². The van der Waals surface area contributed by atoms with Crippen molar-refractivity contribution in [3.63, 3.8) is 0 Å². The Kier molecular flexibility index (Phi) is 5.71.